The third-order valence-electron chi connectivity index (χ3n) is 4.24. The number of likely N-dealkylation sites (N-methyl/N-ethyl adjacent to an activating group) is 1. The number of fused-ring (bicyclic) bond motifs is 1. The summed E-state index contributed by atoms with van der Waals surface area (Å²) in [4.78, 5) is 26.6. The Morgan fingerprint density at radius 3 is 2.48 bits per heavy atom. The summed E-state index contributed by atoms with van der Waals surface area (Å²) < 4.78 is 35.1. The fourth-order valence-corrected chi connectivity index (χ4v) is 3.26. The van der Waals surface area contributed by atoms with E-state index in [0.29, 0.717) is 17.2 Å². The summed E-state index contributed by atoms with van der Waals surface area (Å²) in [7, 11) is -2.20. The van der Waals surface area contributed by atoms with Gasteiger partial charge in [-0.05, 0) is 17.7 Å². The predicted octanol–water partition coefficient (Wildman–Crippen LogP) is 1.25. The molecule has 2 aromatic rings. The molecule has 154 valence electrons. The first-order valence-corrected chi connectivity index (χ1v) is 10.6. The van der Waals surface area contributed by atoms with Crippen LogP contribution in [0.5, 0.6) is 11.5 Å². The summed E-state index contributed by atoms with van der Waals surface area (Å²) in [6.45, 7) is 0.111. The molecule has 3 amide bonds. The van der Waals surface area contributed by atoms with Crippen LogP contribution >= 0.6 is 0 Å². The molecule has 9 nitrogen and oxygen atoms in total. The van der Waals surface area contributed by atoms with Crippen molar-refractivity contribution in [3.05, 3.63) is 54.1 Å². The van der Waals surface area contributed by atoms with Gasteiger partial charge in [0.05, 0.1) is 6.26 Å². The van der Waals surface area contributed by atoms with E-state index in [0.717, 1.165) is 11.8 Å². The van der Waals surface area contributed by atoms with Crippen molar-refractivity contribution in [2.45, 2.75) is 12.5 Å². The van der Waals surface area contributed by atoms with Crippen LogP contribution in [0, 0.1) is 0 Å². The highest BCUT2D eigenvalue weighted by Gasteiger charge is 2.27. The third-order valence-corrected chi connectivity index (χ3v) is 4.79. The van der Waals surface area contributed by atoms with E-state index in [1.165, 1.54) is 4.90 Å². The molecule has 0 fully saturated rings. The number of hydrogen-bond donors (Lipinski definition) is 2. The van der Waals surface area contributed by atoms with E-state index < -0.39 is 28.0 Å². The first-order chi connectivity index (χ1) is 13.7. The van der Waals surface area contributed by atoms with E-state index >= 15 is 0 Å². The summed E-state index contributed by atoms with van der Waals surface area (Å²) in [6, 6.07) is 12.2. The van der Waals surface area contributed by atoms with Gasteiger partial charge < -0.3 is 19.7 Å². The summed E-state index contributed by atoms with van der Waals surface area (Å²) in [5.74, 6) is 0.682. The topological polar surface area (TPSA) is 114 Å². The second-order valence-electron chi connectivity index (χ2n) is 6.52. The molecule has 1 atom stereocenters. The number of urea groups is 1. The van der Waals surface area contributed by atoms with Crippen LogP contribution in [0.4, 0.5) is 10.5 Å². The van der Waals surface area contributed by atoms with Gasteiger partial charge in [0.2, 0.25) is 22.7 Å². The molecule has 1 aliphatic rings. The Labute approximate surface area is 168 Å². The van der Waals surface area contributed by atoms with Gasteiger partial charge >= 0.3 is 6.03 Å². The number of carbonyl (C=O) groups is 2. The lowest BCUT2D eigenvalue weighted by atomic mass is 10.0. The molecular formula is C19H21N3O6S. The SMILES string of the molecule is CN(C(=O)[C@H](Cc1ccccc1)NC(=O)NS(C)(=O)=O)c1ccc2c(c1)OCO2. The number of anilines is 1. The molecule has 0 saturated heterocycles. The van der Waals surface area contributed by atoms with Crippen molar-refractivity contribution in [3.63, 3.8) is 0 Å². The molecule has 2 N–H and O–H groups in total. The summed E-state index contributed by atoms with van der Waals surface area (Å²) >= 11 is 0. The van der Waals surface area contributed by atoms with Gasteiger partial charge in [0.15, 0.2) is 11.5 Å². The summed E-state index contributed by atoms with van der Waals surface area (Å²) in [5, 5.41) is 2.45. The minimum Gasteiger partial charge on any atom is -0.454 e. The first kappa shape index (κ1) is 20.5. The van der Waals surface area contributed by atoms with E-state index in [4.69, 9.17) is 9.47 Å². The highest BCUT2D eigenvalue weighted by atomic mass is 32.2. The average molecular weight is 419 g/mol. The Bertz CT molecular complexity index is 1010. The standard InChI is InChI=1S/C19H21N3O6S/c1-22(14-8-9-16-17(11-14)28-12-27-16)18(23)15(10-13-6-4-3-5-7-13)20-19(24)21-29(2,25)26/h3-9,11,15H,10,12H2,1-2H3,(H2,20,21,24)/t15-/m0/s1. The molecule has 0 aromatic heterocycles. The van der Waals surface area contributed by atoms with Crippen LogP contribution in [0.25, 0.3) is 0 Å². The van der Waals surface area contributed by atoms with Crippen molar-refractivity contribution in [1.29, 1.82) is 0 Å². The number of hydrogen-bond acceptors (Lipinski definition) is 6. The minimum absolute atomic E-state index is 0.111. The lowest BCUT2D eigenvalue weighted by Crippen LogP contribution is -2.52. The molecule has 0 saturated carbocycles. The maximum Gasteiger partial charge on any atom is 0.329 e. The number of ether oxygens (including phenoxy) is 2. The van der Waals surface area contributed by atoms with Crippen molar-refractivity contribution in [3.8, 4) is 11.5 Å². The number of sulfonamides is 1. The molecule has 0 bridgehead atoms. The lowest BCUT2D eigenvalue weighted by molar-refractivity contribution is -0.120. The van der Waals surface area contributed by atoms with Gasteiger partial charge in [-0.3, -0.25) is 4.79 Å². The molecule has 2 aromatic carbocycles. The van der Waals surface area contributed by atoms with E-state index in [2.05, 4.69) is 5.32 Å². The number of amides is 3. The minimum atomic E-state index is -3.76. The lowest BCUT2D eigenvalue weighted by Gasteiger charge is -2.25. The maximum absolute atomic E-state index is 13.1. The smallest absolute Gasteiger partial charge is 0.329 e. The molecule has 1 aliphatic heterocycles. The predicted molar refractivity (Wildman–Crippen MR) is 106 cm³/mol. The largest absolute Gasteiger partial charge is 0.454 e. The van der Waals surface area contributed by atoms with Crippen molar-refractivity contribution in [2.24, 2.45) is 0 Å². The Morgan fingerprint density at radius 1 is 1.10 bits per heavy atom. The number of carbonyl (C=O) groups excluding carboxylic acids is 2. The van der Waals surface area contributed by atoms with Gasteiger partial charge in [0.1, 0.15) is 6.04 Å². The Morgan fingerprint density at radius 2 is 1.79 bits per heavy atom. The molecular weight excluding hydrogens is 398 g/mol. The summed E-state index contributed by atoms with van der Waals surface area (Å²) in [6.07, 6.45) is 1.05. The molecule has 0 unspecified atom stereocenters. The van der Waals surface area contributed by atoms with Gasteiger partial charge in [-0.2, -0.15) is 0 Å². The zero-order chi connectivity index (χ0) is 21.0. The molecule has 3 rings (SSSR count). The van der Waals surface area contributed by atoms with Crippen LogP contribution in [-0.2, 0) is 21.2 Å². The Hall–Kier alpha value is -3.27. The molecule has 10 heteroatoms. The van der Waals surface area contributed by atoms with Crippen LogP contribution in [-0.4, -0.2) is 46.5 Å². The molecule has 0 spiro atoms. The van der Waals surface area contributed by atoms with Gasteiger partial charge in [-0.1, -0.05) is 30.3 Å². The number of rotatable bonds is 6. The van der Waals surface area contributed by atoms with E-state index in [1.54, 1.807) is 25.2 Å². The van der Waals surface area contributed by atoms with Crippen molar-refractivity contribution < 1.29 is 27.5 Å². The van der Waals surface area contributed by atoms with Gasteiger partial charge in [-0.15, -0.1) is 0 Å². The first-order valence-electron chi connectivity index (χ1n) is 8.72. The second kappa shape index (κ2) is 8.39. The van der Waals surface area contributed by atoms with Crippen LogP contribution in [0.15, 0.2) is 48.5 Å². The molecule has 29 heavy (non-hydrogen) atoms. The van der Waals surface area contributed by atoms with Crippen LogP contribution in [0.1, 0.15) is 5.56 Å². The second-order valence-corrected chi connectivity index (χ2v) is 8.27. The molecule has 0 aliphatic carbocycles. The zero-order valence-corrected chi connectivity index (χ0v) is 16.7. The highest BCUT2D eigenvalue weighted by molar-refractivity contribution is 7.89. The maximum atomic E-state index is 13.1. The number of nitrogens with zero attached hydrogens (tertiary/aromatic N) is 1. The highest BCUT2D eigenvalue weighted by Crippen LogP contribution is 2.35. The van der Waals surface area contributed by atoms with E-state index in [1.807, 2.05) is 35.1 Å². The number of nitrogens with one attached hydrogen (secondary N) is 2. The van der Waals surface area contributed by atoms with Crippen LogP contribution in [0.2, 0.25) is 0 Å². The van der Waals surface area contributed by atoms with Crippen molar-refractivity contribution >= 4 is 27.6 Å². The fourth-order valence-electron chi connectivity index (χ4n) is 2.86. The normalized spacial score (nSPS) is 13.4. The third kappa shape index (κ3) is 5.38. The average Bonchev–Trinajstić information content (AvgIpc) is 3.13. The van der Waals surface area contributed by atoms with E-state index in [9.17, 15) is 18.0 Å². The fraction of sp³-hybridized carbons (Fsp3) is 0.263. The quantitative estimate of drug-likeness (QED) is 0.728. The van der Waals surface area contributed by atoms with Crippen molar-refractivity contribution in [2.75, 3.05) is 25.0 Å². The monoisotopic (exact) mass is 419 g/mol. The van der Waals surface area contributed by atoms with Gasteiger partial charge in [0, 0.05) is 25.2 Å². The van der Waals surface area contributed by atoms with Crippen molar-refractivity contribution in [1.82, 2.24) is 10.0 Å². The Kier molecular flexibility index (Phi) is 5.92. The summed E-state index contributed by atoms with van der Waals surface area (Å²) in [5.41, 5.74) is 1.35. The Balaban J connectivity index is 1.81. The number of benzene rings is 2. The van der Waals surface area contributed by atoms with Crippen LogP contribution in [0.3, 0.4) is 0 Å². The van der Waals surface area contributed by atoms with E-state index in [-0.39, 0.29) is 13.2 Å². The van der Waals surface area contributed by atoms with Crippen LogP contribution < -0.4 is 24.4 Å². The van der Waals surface area contributed by atoms with Gasteiger partial charge in [-0.25, -0.2) is 17.9 Å². The molecule has 1 heterocycles. The zero-order valence-electron chi connectivity index (χ0n) is 15.9. The van der Waals surface area contributed by atoms with Gasteiger partial charge in [0.25, 0.3) is 0 Å². The molecule has 0 radical (unpaired) electrons.